The number of para-hydroxylation sites is 1. The molecule has 1 fully saturated rings. The summed E-state index contributed by atoms with van der Waals surface area (Å²) in [4.78, 5) is 27.4. The second-order valence-corrected chi connectivity index (χ2v) is 6.65. The maximum absolute atomic E-state index is 12.7. The molecular weight excluding hydrogens is 340 g/mol. The molecule has 1 amide bonds. The number of aryl methyl sites for hydroxylation is 2. The van der Waals surface area contributed by atoms with E-state index in [4.69, 9.17) is 4.74 Å². The Morgan fingerprint density at radius 3 is 2.63 bits per heavy atom. The Hall–Kier alpha value is -3.28. The van der Waals surface area contributed by atoms with Crippen LogP contribution < -0.4 is 4.74 Å². The SMILES string of the molecule is Cc1ccccc1OC1CN(C(=O)c2cnc(-c3cccnc3)nc2C)C1. The Kier molecular flexibility index (Phi) is 4.54. The smallest absolute Gasteiger partial charge is 0.257 e. The van der Waals surface area contributed by atoms with Crippen LogP contribution in [0.25, 0.3) is 11.4 Å². The summed E-state index contributed by atoms with van der Waals surface area (Å²) in [6, 6.07) is 11.6. The molecule has 136 valence electrons. The molecule has 0 atom stereocenters. The lowest BCUT2D eigenvalue weighted by atomic mass is 10.1. The van der Waals surface area contributed by atoms with Gasteiger partial charge in [0.05, 0.1) is 24.3 Å². The van der Waals surface area contributed by atoms with Crippen molar-refractivity contribution in [2.24, 2.45) is 0 Å². The quantitative estimate of drug-likeness (QED) is 0.715. The molecule has 1 aromatic carbocycles. The van der Waals surface area contributed by atoms with Gasteiger partial charge < -0.3 is 9.64 Å². The molecule has 6 nitrogen and oxygen atoms in total. The van der Waals surface area contributed by atoms with Crippen LogP contribution in [-0.4, -0.2) is 45.0 Å². The number of rotatable bonds is 4. The van der Waals surface area contributed by atoms with Gasteiger partial charge in [0.1, 0.15) is 11.9 Å². The standard InChI is InChI=1S/C21H20N4O2/c1-14-6-3-4-8-19(14)27-17-12-25(13-17)21(26)18-11-23-20(24-15(18)2)16-7-5-9-22-10-16/h3-11,17H,12-13H2,1-2H3. The van der Waals surface area contributed by atoms with Gasteiger partial charge in [-0.3, -0.25) is 9.78 Å². The molecular formula is C21H20N4O2. The topological polar surface area (TPSA) is 68.2 Å². The van der Waals surface area contributed by atoms with Gasteiger partial charge in [-0.1, -0.05) is 18.2 Å². The Morgan fingerprint density at radius 2 is 1.93 bits per heavy atom. The summed E-state index contributed by atoms with van der Waals surface area (Å²) in [5.74, 6) is 1.38. The summed E-state index contributed by atoms with van der Waals surface area (Å²) in [6.45, 7) is 4.98. The predicted octanol–water partition coefficient (Wildman–Crippen LogP) is 3.06. The van der Waals surface area contributed by atoms with Crippen molar-refractivity contribution < 1.29 is 9.53 Å². The van der Waals surface area contributed by atoms with Crippen LogP contribution in [0.4, 0.5) is 0 Å². The summed E-state index contributed by atoms with van der Waals surface area (Å²) in [5.41, 5.74) is 3.11. The zero-order chi connectivity index (χ0) is 18.8. The summed E-state index contributed by atoms with van der Waals surface area (Å²) in [7, 11) is 0. The Labute approximate surface area is 157 Å². The average Bonchev–Trinajstić information content (AvgIpc) is 2.66. The van der Waals surface area contributed by atoms with Crippen LogP contribution in [-0.2, 0) is 0 Å². The van der Waals surface area contributed by atoms with Crippen molar-refractivity contribution in [1.82, 2.24) is 19.9 Å². The Morgan fingerprint density at radius 1 is 1.11 bits per heavy atom. The molecule has 0 saturated carbocycles. The molecule has 27 heavy (non-hydrogen) atoms. The van der Waals surface area contributed by atoms with Crippen molar-refractivity contribution >= 4 is 5.91 Å². The number of aromatic nitrogens is 3. The highest BCUT2D eigenvalue weighted by atomic mass is 16.5. The number of carbonyl (C=O) groups excluding carboxylic acids is 1. The molecule has 0 radical (unpaired) electrons. The molecule has 3 aromatic rings. The van der Waals surface area contributed by atoms with Crippen molar-refractivity contribution in [2.45, 2.75) is 20.0 Å². The van der Waals surface area contributed by atoms with Gasteiger partial charge in [-0.2, -0.15) is 0 Å². The molecule has 2 aromatic heterocycles. The minimum atomic E-state index is -0.0603. The lowest BCUT2D eigenvalue weighted by Gasteiger charge is -2.39. The van der Waals surface area contributed by atoms with Crippen LogP contribution in [0.3, 0.4) is 0 Å². The molecule has 6 heteroatoms. The highest BCUT2D eigenvalue weighted by Crippen LogP contribution is 2.23. The number of carbonyl (C=O) groups is 1. The third kappa shape index (κ3) is 3.51. The summed E-state index contributed by atoms with van der Waals surface area (Å²) >= 11 is 0. The number of benzene rings is 1. The lowest BCUT2D eigenvalue weighted by molar-refractivity contribution is 0.0174. The van der Waals surface area contributed by atoms with E-state index in [2.05, 4.69) is 15.0 Å². The highest BCUT2D eigenvalue weighted by Gasteiger charge is 2.34. The summed E-state index contributed by atoms with van der Waals surface area (Å²) < 4.78 is 5.97. The van der Waals surface area contributed by atoms with E-state index >= 15 is 0 Å². The first kappa shape index (κ1) is 17.1. The van der Waals surface area contributed by atoms with Gasteiger partial charge in [0.25, 0.3) is 5.91 Å². The number of pyridine rings is 1. The van der Waals surface area contributed by atoms with E-state index in [9.17, 15) is 4.79 Å². The zero-order valence-electron chi connectivity index (χ0n) is 15.3. The molecule has 1 aliphatic heterocycles. The van der Waals surface area contributed by atoms with Gasteiger partial charge >= 0.3 is 0 Å². The van der Waals surface area contributed by atoms with Crippen molar-refractivity contribution in [3.8, 4) is 17.1 Å². The molecule has 1 saturated heterocycles. The zero-order valence-corrected chi connectivity index (χ0v) is 15.3. The first-order chi connectivity index (χ1) is 13.1. The van der Waals surface area contributed by atoms with E-state index in [0.29, 0.717) is 30.2 Å². The minimum Gasteiger partial charge on any atom is -0.486 e. The Bertz CT molecular complexity index is 969. The van der Waals surface area contributed by atoms with Crippen molar-refractivity contribution in [2.75, 3.05) is 13.1 Å². The number of amides is 1. The van der Waals surface area contributed by atoms with Gasteiger partial charge in [-0.05, 0) is 37.6 Å². The number of nitrogens with zero attached hydrogens (tertiary/aromatic N) is 4. The van der Waals surface area contributed by atoms with Gasteiger partial charge in [0.15, 0.2) is 5.82 Å². The van der Waals surface area contributed by atoms with E-state index in [0.717, 1.165) is 16.9 Å². The van der Waals surface area contributed by atoms with E-state index in [-0.39, 0.29) is 12.0 Å². The van der Waals surface area contributed by atoms with Crippen LogP contribution in [0, 0.1) is 13.8 Å². The maximum atomic E-state index is 12.7. The van der Waals surface area contributed by atoms with Crippen molar-refractivity contribution in [3.63, 3.8) is 0 Å². The van der Waals surface area contributed by atoms with E-state index < -0.39 is 0 Å². The second-order valence-electron chi connectivity index (χ2n) is 6.65. The summed E-state index contributed by atoms with van der Waals surface area (Å²) in [6.07, 6.45) is 5.03. The number of likely N-dealkylation sites (tertiary alicyclic amines) is 1. The third-order valence-corrected chi connectivity index (χ3v) is 4.65. The van der Waals surface area contributed by atoms with Crippen molar-refractivity contribution in [1.29, 1.82) is 0 Å². The van der Waals surface area contributed by atoms with Crippen LogP contribution in [0.1, 0.15) is 21.6 Å². The van der Waals surface area contributed by atoms with Crippen molar-refractivity contribution in [3.05, 3.63) is 71.8 Å². The number of hydrogen-bond donors (Lipinski definition) is 0. The summed E-state index contributed by atoms with van der Waals surface area (Å²) in [5, 5.41) is 0. The van der Waals surface area contributed by atoms with Crippen LogP contribution in [0.15, 0.2) is 55.0 Å². The Balaban J connectivity index is 1.42. The minimum absolute atomic E-state index is 0.0194. The second kappa shape index (κ2) is 7.15. The molecule has 0 bridgehead atoms. The highest BCUT2D eigenvalue weighted by molar-refractivity contribution is 5.95. The fourth-order valence-corrected chi connectivity index (χ4v) is 3.03. The van der Waals surface area contributed by atoms with Gasteiger partial charge in [0.2, 0.25) is 0 Å². The fourth-order valence-electron chi connectivity index (χ4n) is 3.03. The molecule has 4 rings (SSSR count). The first-order valence-corrected chi connectivity index (χ1v) is 8.87. The molecule has 0 aliphatic carbocycles. The largest absolute Gasteiger partial charge is 0.486 e. The predicted molar refractivity (Wildman–Crippen MR) is 101 cm³/mol. The van der Waals surface area contributed by atoms with Crippen LogP contribution in [0.2, 0.25) is 0 Å². The van der Waals surface area contributed by atoms with Crippen LogP contribution in [0.5, 0.6) is 5.75 Å². The number of hydrogen-bond acceptors (Lipinski definition) is 5. The molecule has 0 unspecified atom stereocenters. The van der Waals surface area contributed by atoms with E-state index in [1.165, 1.54) is 0 Å². The molecule has 0 spiro atoms. The van der Waals surface area contributed by atoms with Gasteiger partial charge in [-0.15, -0.1) is 0 Å². The van der Waals surface area contributed by atoms with E-state index in [1.54, 1.807) is 23.5 Å². The maximum Gasteiger partial charge on any atom is 0.257 e. The fraction of sp³-hybridized carbons (Fsp3) is 0.238. The first-order valence-electron chi connectivity index (χ1n) is 8.87. The third-order valence-electron chi connectivity index (χ3n) is 4.65. The van der Waals surface area contributed by atoms with E-state index in [1.807, 2.05) is 50.2 Å². The normalized spacial score (nSPS) is 13.9. The molecule has 3 heterocycles. The monoisotopic (exact) mass is 360 g/mol. The number of ether oxygens (including phenoxy) is 1. The van der Waals surface area contributed by atoms with Crippen LogP contribution >= 0.6 is 0 Å². The molecule has 1 aliphatic rings. The average molecular weight is 360 g/mol. The molecule has 0 N–H and O–H groups in total. The van der Waals surface area contributed by atoms with Gasteiger partial charge in [-0.25, -0.2) is 9.97 Å². The lowest BCUT2D eigenvalue weighted by Crippen LogP contribution is -2.56. The van der Waals surface area contributed by atoms with Gasteiger partial charge in [0, 0.05) is 24.2 Å².